The standard InChI is InChI=1S/C12H20N2O/c15-9-13-3-5-14(6-4-13)12-8-10-1-2-11(12)7-10/h9-12H,1-8H2/t10-,11-,12+/m1/s1. The minimum Gasteiger partial charge on any atom is -0.343 e. The van der Waals surface area contributed by atoms with Crippen LogP contribution in [0.1, 0.15) is 25.7 Å². The summed E-state index contributed by atoms with van der Waals surface area (Å²) in [7, 11) is 0. The first kappa shape index (κ1) is 9.64. The molecule has 2 saturated carbocycles. The van der Waals surface area contributed by atoms with E-state index in [4.69, 9.17) is 0 Å². The van der Waals surface area contributed by atoms with Crippen molar-refractivity contribution in [2.45, 2.75) is 31.7 Å². The SMILES string of the molecule is O=CN1CCN([C@H]2C[C@@H]3CC[C@@H]2C3)CC1. The summed E-state index contributed by atoms with van der Waals surface area (Å²) < 4.78 is 0. The second-order valence-electron chi connectivity index (χ2n) is 5.42. The van der Waals surface area contributed by atoms with Crippen LogP contribution in [-0.4, -0.2) is 48.4 Å². The van der Waals surface area contributed by atoms with E-state index in [2.05, 4.69) is 4.90 Å². The highest BCUT2D eigenvalue weighted by atomic mass is 16.1. The van der Waals surface area contributed by atoms with E-state index in [0.717, 1.165) is 50.5 Å². The molecule has 0 unspecified atom stereocenters. The van der Waals surface area contributed by atoms with E-state index in [1.807, 2.05) is 4.90 Å². The van der Waals surface area contributed by atoms with Gasteiger partial charge in [-0.2, -0.15) is 0 Å². The van der Waals surface area contributed by atoms with Crippen molar-refractivity contribution in [2.75, 3.05) is 26.2 Å². The molecule has 3 atom stereocenters. The van der Waals surface area contributed by atoms with Gasteiger partial charge in [-0.1, -0.05) is 6.42 Å². The molecule has 84 valence electrons. The Balaban J connectivity index is 1.58. The topological polar surface area (TPSA) is 23.6 Å². The summed E-state index contributed by atoms with van der Waals surface area (Å²) in [6.45, 7) is 4.09. The van der Waals surface area contributed by atoms with Gasteiger partial charge in [-0.25, -0.2) is 0 Å². The van der Waals surface area contributed by atoms with Crippen LogP contribution < -0.4 is 0 Å². The largest absolute Gasteiger partial charge is 0.343 e. The molecule has 3 aliphatic rings. The van der Waals surface area contributed by atoms with Crippen LogP contribution >= 0.6 is 0 Å². The Bertz CT molecular complexity index is 248. The first-order valence-corrected chi connectivity index (χ1v) is 6.30. The first-order chi connectivity index (χ1) is 7.36. The molecule has 0 aromatic heterocycles. The molecule has 15 heavy (non-hydrogen) atoms. The van der Waals surface area contributed by atoms with Gasteiger partial charge in [0.15, 0.2) is 0 Å². The van der Waals surface area contributed by atoms with E-state index >= 15 is 0 Å². The number of fused-ring (bicyclic) bond motifs is 2. The Morgan fingerprint density at radius 2 is 1.80 bits per heavy atom. The van der Waals surface area contributed by atoms with Crippen LogP contribution in [0.25, 0.3) is 0 Å². The van der Waals surface area contributed by atoms with Crippen LogP contribution in [0.5, 0.6) is 0 Å². The van der Waals surface area contributed by atoms with Crippen LogP contribution in [0, 0.1) is 11.8 Å². The molecule has 2 bridgehead atoms. The fourth-order valence-electron chi connectivity index (χ4n) is 3.83. The van der Waals surface area contributed by atoms with E-state index in [9.17, 15) is 4.79 Å². The molecular weight excluding hydrogens is 188 g/mol. The van der Waals surface area contributed by atoms with Gasteiger partial charge in [0.2, 0.25) is 6.41 Å². The number of rotatable bonds is 2. The predicted octanol–water partition coefficient (Wildman–Crippen LogP) is 0.949. The third kappa shape index (κ3) is 1.67. The Morgan fingerprint density at radius 1 is 1.00 bits per heavy atom. The van der Waals surface area contributed by atoms with Crippen molar-refractivity contribution >= 4 is 6.41 Å². The Hall–Kier alpha value is -0.570. The molecule has 3 nitrogen and oxygen atoms in total. The molecule has 0 N–H and O–H groups in total. The van der Waals surface area contributed by atoms with Crippen LogP contribution in [0.4, 0.5) is 0 Å². The van der Waals surface area contributed by atoms with E-state index < -0.39 is 0 Å². The van der Waals surface area contributed by atoms with Crippen molar-refractivity contribution in [2.24, 2.45) is 11.8 Å². The smallest absolute Gasteiger partial charge is 0.209 e. The lowest BCUT2D eigenvalue weighted by Crippen LogP contribution is -2.51. The highest BCUT2D eigenvalue weighted by molar-refractivity contribution is 5.47. The summed E-state index contributed by atoms with van der Waals surface area (Å²) in [6.07, 6.45) is 6.86. The van der Waals surface area contributed by atoms with Gasteiger partial charge in [-0.3, -0.25) is 9.69 Å². The molecule has 3 fully saturated rings. The minimum atomic E-state index is 0.859. The summed E-state index contributed by atoms with van der Waals surface area (Å²) in [4.78, 5) is 15.2. The number of carbonyl (C=O) groups is 1. The second-order valence-corrected chi connectivity index (χ2v) is 5.42. The lowest BCUT2D eigenvalue weighted by molar-refractivity contribution is -0.120. The molecule has 1 heterocycles. The fraction of sp³-hybridized carbons (Fsp3) is 0.917. The third-order valence-corrected chi connectivity index (χ3v) is 4.67. The summed E-state index contributed by atoms with van der Waals surface area (Å²) in [5.74, 6) is 2.02. The van der Waals surface area contributed by atoms with Crippen LogP contribution in [0.15, 0.2) is 0 Å². The van der Waals surface area contributed by atoms with Crippen LogP contribution in [0.3, 0.4) is 0 Å². The summed E-state index contributed by atoms with van der Waals surface area (Å²) in [5, 5.41) is 0. The van der Waals surface area contributed by atoms with E-state index in [1.54, 1.807) is 0 Å². The van der Waals surface area contributed by atoms with E-state index in [-0.39, 0.29) is 0 Å². The van der Waals surface area contributed by atoms with E-state index in [1.165, 1.54) is 25.7 Å². The zero-order chi connectivity index (χ0) is 10.3. The third-order valence-electron chi connectivity index (χ3n) is 4.67. The quantitative estimate of drug-likeness (QED) is 0.631. The average molecular weight is 208 g/mol. The molecule has 3 heteroatoms. The molecule has 0 radical (unpaired) electrons. The molecule has 0 aromatic rings. The maximum atomic E-state index is 10.6. The number of nitrogens with zero attached hydrogens (tertiary/aromatic N) is 2. The minimum absolute atomic E-state index is 0.859. The van der Waals surface area contributed by atoms with Crippen molar-refractivity contribution in [3.8, 4) is 0 Å². The van der Waals surface area contributed by atoms with E-state index in [0.29, 0.717) is 0 Å². The van der Waals surface area contributed by atoms with Crippen molar-refractivity contribution in [3.05, 3.63) is 0 Å². The van der Waals surface area contributed by atoms with Gasteiger partial charge in [0.05, 0.1) is 0 Å². The Morgan fingerprint density at radius 3 is 2.33 bits per heavy atom. The van der Waals surface area contributed by atoms with Crippen molar-refractivity contribution in [1.29, 1.82) is 0 Å². The average Bonchev–Trinajstić information content (AvgIpc) is 2.91. The highest BCUT2D eigenvalue weighted by Crippen LogP contribution is 2.46. The number of piperazine rings is 1. The molecule has 1 amide bonds. The number of amides is 1. The zero-order valence-electron chi connectivity index (χ0n) is 9.27. The van der Waals surface area contributed by atoms with Gasteiger partial charge in [0.1, 0.15) is 0 Å². The maximum Gasteiger partial charge on any atom is 0.209 e. The Labute approximate surface area is 91.4 Å². The molecule has 0 aromatic carbocycles. The molecule has 1 aliphatic heterocycles. The van der Waals surface area contributed by atoms with Gasteiger partial charge in [-0.05, 0) is 31.1 Å². The molecule has 2 aliphatic carbocycles. The van der Waals surface area contributed by atoms with Crippen molar-refractivity contribution in [1.82, 2.24) is 9.80 Å². The van der Waals surface area contributed by atoms with Gasteiger partial charge in [0.25, 0.3) is 0 Å². The summed E-state index contributed by atoms with van der Waals surface area (Å²) >= 11 is 0. The summed E-state index contributed by atoms with van der Waals surface area (Å²) in [6, 6.07) is 0.859. The number of carbonyl (C=O) groups excluding carboxylic acids is 1. The maximum absolute atomic E-state index is 10.6. The summed E-state index contributed by atoms with van der Waals surface area (Å²) in [5.41, 5.74) is 0. The lowest BCUT2D eigenvalue weighted by atomic mass is 9.93. The monoisotopic (exact) mass is 208 g/mol. The van der Waals surface area contributed by atoms with Gasteiger partial charge in [-0.15, -0.1) is 0 Å². The highest BCUT2D eigenvalue weighted by Gasteiger charge is 2.42. The lowest BCUT2D eigenvalue weighted by Gasteiger charge is -2.39. The number of hydrogen-bond donors (Lipinski definition) is 0. The first-order valence-electron chi connectivity index (χ1n) is 6.30. The van der Waals surface area contributed by atoms with Gasteiger partial charge in [0, 0.05) is 32.2 Å². The molecule has 0 spiro atoms. The van der Waals surface area contributed by atoms with Crippen LogP contribution in [-0.2, 0) is 4.79 Å². The van der Waals surface area contributed by atoms with Crippen LogP contribution in [0.2, 0.25) is 0 Å². The molecular formula is C12H20N2O. The normalized spacial score (nSPS) is 41.1. The van der Waals surface area contributed by atoms with Crippen molar-refractivity contribution in [3.63, 3.8) is 0 Å². The predicted molar refractivity (Wildman–Crippen MR) is 58.4 cm³/mol. The van der Waals surface area contributed by atoms with Gasteiger partial charge >= 0.3 is 0 Å². The second kappa shape index (κ2) is 3.78. The fourth-order valence-corrected chi connectivity index (χ4v) is 3.83. The zero-order valence-corrected chi connectivity index (χ0v) is 9.27. The van der Waals surface area contributed by atoms with Gasteiger partial charge < -0.3 is 4.90 Å². The molecule has 1 saturated heterocycles. The molecule has 3 rings (SSSR count). The number of hydrogen-bond acceptors (Lipinski definition) is 2. The van der Waals surface area contributed by atoms with Crippen molar-refractivity contribution < 1.29 is 4.79 Å². The Kier molecular flexibility index (Phi) is 2.43.